The summed E-state index contributed by atoms with van der Waals surface area (Å²) < 4.78 is 26.8. The Balaban J connectivity index is 1.77. The largest absolute Gasteiger partial charge is 0.471 e. The van der Waals surface area contributed by atoms with E-state index in [4.69, 9.17) is 23.7 Å². The molecule has 0 bridgehead atoms. The van der Waals surface area contributed by atoms with Gasteiger partial charge in [0.2, 0.25) is 6.29 Å². The average Bonchev–Trinajstić information content (AvgIpc) is 3.25. The maximum atomic E-state index is 12.2. The fourth-order valence-corrected chi connectivity index (χ4v) is 4.13. The van der Waals surface area contributed by atoms with Crippen LogP contribution >= 0.6 is 0 Å². The highest BCUT2D eigenvalue weighted by Gasteiger charge is 2.50. The van der Waals surface area contributed by atoms with Gasteiger partial charge in [0, 0.05) is 12.3 Å². The Morgan fingerprint density at radius 1 is 1.18 bits per heavy atom. The minimum Gasteiger partial charge on any atom is -0.471 e. The van der Waals surface area contributed by atoms with Gasteiger partial charge in [-0.1, -0.05) is 6.08 Å². The Morgan fingerprint density at radius 2 is 1.94 bits per heavy atom. The summed E-state index contributed by atoms with van der Waals surface area (Å²) in [5.74, 6) is -2.24. The molecule has 0 aromatic rings. The Bertz CT molecular complexity index is 790. The maximum Gasteiger partial charge on any atom is 0.337 e. The quantitative estimate of drug-likeness (QED) is 0.170. The predicted molar refractivity (Wildman–Crippen MR) is 106 cm³/mol. The first kappa shape index (κ1) is 25.3. The zero-order valence-electron chi connectivity index (χ0n) is 17.9. The summed E-state index contributed by atoms with van der Waals surface area (Å²) >= 11 is 0. The number of esters is 2. The molecule has 0 spiro atoms. The van der Waals surface area contributed by atoms with E-state index in [0.717, 1.165) is 0 Å². The highest BCUT2D eigenvalue weighted by molar-refractivity contribution is 5.89. The summed E-state index contributed by atoms with van der Waals surface area (Å²) in [5, 5.41) is 39.7. The zero-order chi connectivity index (χ0) is 24.1. The maximum absolute atomic E-state index is 12.2. The molecule has 0 saturated carbocycles. The molecule has 0 aromatic carbocycles. The average molecular weight is 472 g/mol. The zero-order valence-corrected chi connectivity index (χ0v) is 17.9. The van der Waals surface area contributed by atoms with Gasteiger partial charge in [0.05, 0.1) is 37.9 Å². The summed E-state index contributed by atoms with van der Waals surface area (Å²) in [4.78, 5) is 34.5. The van der Waals surface area contributed by atoms with Crippen LogP contribution in [0, 0.1) is 11.8 Å². The molecule has 3 rings (SSSR count). The van der Waals surface area contributed by atoms with Crippen molar-refractivity contribution in [1.29, 1.82) is 0 Å². The van der Waals surface area contributed by atoms with Gasteiger partial charge in [0.15, 0.2) is 6.29 Å². The van der Waals surface area contributed by atoms with Crippen LogP contribution in [0.5, 0.6) is 0 Å². The number of methoxy groups -OCH3 is 1. The lowest BCUT2D eigenvalue weighted by molar-refractivity contribution is -0.339. The number of hydrogen-bond acceptors (Lipinski definition) is 12. The van der Waals surface area contributed by atoms with Crippen LogP contribution in [-0.2, 0) is 38.1 Å². The molecule has 33 heavy (non-hydrogen) atoms. The van der Waals surface area contributed by atoms with E-state index in [1.807, 2.05) is 0 Å². The lowest BCUT2D eigenvalue weighted by Gasteiger charge is -2.42. The van der Waals surface area contributed by atoms with Crippen LogP contribution in [0.4, 0.5) is 0 Å². The summed E-state index contributed by atoms with van der Waals surface area (Å²) in [6.45, 7) is -0.762. The van der Waals surface area contributed by atoms with Gasteiger partial charge in [0.1, 0.15) is 37.3 Å². The fraction of sp³-hybridized carbons (Fsp3) is 0.667. The number of hydrogen-bond donors (Lipinski definition) is 4. The lowest BCUT2D eigenvalue weighted by Crippen LogP contribution is -2.60. The van der Waals surface area contributed by atoms with E-state index in [0.29, 0.717) is 18.3 Å². The number of carbonyl (C=O) groups is 3. The Morgan fingerprint density at radius 3 is 2.61 bits per heavy atom. The third kappa shape index (κ3) is 5.42. The van der Waals surface area contributed by atoms with Crippen LogP contribution < -0.4 is 0 Å². The Kier molecular flexibility index (Phi) is 8.57. The molecule has 0 amide bonds. The first-order chi connectivity index (χ1) is 15.8. The fourth-order valence-electron chi connectivity index (χ4n) is 4.13. The summed E-state index contributed by atoms with van der Waals surface area (Å²) in [7, 11) is 1.23. The van der Waals surface area contributed by atoms with Crippen molar-refractivity contribution in [3.05, 3.63) is 23.5 Å². The molecule has 3 aliphatic rings. The van der Waals surface area contributed by atoms with E-state index in [1.165, 1.54) is 13.4 Å². The molecule has 0 aromatic heterocycles. The smallest absolute Gasteiger partial charge is 0.337 e. The minimum absolute atomic E-state index is 0.0329. The molecule has 2 aliphatic heterocycles. The summed E-state index contributed by atoms with van der Waals surface area (Å²) in [6, 6.07) is 0. The number of fused-ring (bicyclic) bond motifs is 1. The van der Waals surface area contributed by atoms with Crippen molar-refractivity contribution in [3.63, 3.8) is 0 Å². The van der Waals surface area contributed by atoms with Gasteiger partial charge in [0.25, 0.3) is 0 Å². The second kappa shape index (κ2) is 11.2. The van der Waals surface area contributed by atoms with Crippen molar-refractivity contribution in [2.45, 2.75) is 56.3 Å². The van der Waals surface area contributed by atoms with Crippen LogP contribution in [0.2, 0.25) is 0 Å². The molecule has 8 unspecified atom stereocenters. The first-order valence-corrected chi connectivity index (χ1v) is 10.5. The lowest BCUT2D eigenvalue weighted by atomic mass is 9.83. The van der Waals surface area contributed by atoms with Crippen molar-refractivity contribution >= 4 is 18.2 Å². The van der Waals surface area contributed by atoms with E-state index in [2.05, 4.69) is 0 Å². The van der Waals surface area contributed by atoms with Gasteiger partial charge in [-0.05, 0) is 12.0 Å². The number of carbonyl (C=O) groups excluding carboxylic acids is 3. The van der Waals surface area contributed by atoms with Gasteiger partial charge < -0.3 is 48.9 Å². The van der Waals surface area contributed by atoms with Gasteiger partial charge in [-0.25, -0.2) is 4.79 Å². The summed E-state index contributed by atoms with van der Waals surface area (Å²) in [6.07, 6.45) is -4.66. The van der Waals surface area contributed by atoms with Crippen LogP contribution in [0.25, 0.3) is 0 Å². The van der Waals surface area contributed by atoms with Gasteiger partial charge >= 0.3 is 11.9 Å². The molecule has 184 valence electrons. The van der Waals surface area contributed by atoms with Crippen LogP contribution in [0.15, 0.2) is 23.5 Å². The van der Waals surface area contributed by atoms with Gasteiger partial charge in [-0.3, -0.25) is 4.79 Å². The van der Waals surface area contributed by atoms with Crippen LogP contribution in [-0.4, -0.2) is 96.0 Å². The van der Waals surface area contributed by atoms with Crippen LogP contribution in [0.3, 0.4) is 0 Å². The molecule has 1 saturated heterocycles. The third-order valence-electron chi connectivity index (χ3n) is 5.92. The van der Waals surface area contributed by atoms with Crippen molar-refractivity contribution in [1.82, 2.24) is 0 Å². The molecule has 4 N–H and O–H groups in total. The normalized spacial score (nSPS) is 35.5. The molecule has 0 radical (unpaired) electrons. The van der Waals surface area contributed by atoms with Crippen molar-refractivity contribution in [2.24, 2.45) is 11.8 Å². The number of aliphatic hydroxyl groups is 4. The van der Waals surface area contributed by atoms with Crippen molar-refractivity contribution in [3.8, 4) is 0 Å². The topological polar surface area (TPSA) is 178 Å². The minimum atomic E-state index is -1.65. The molecule has 8 atom stereocenters. The monoisotopic (exact) mass is 472 g/mol. The number of aldehydes is 1. The first-order valence-electron chi connectivity index (χ1n) is 10.5. The van der Waals surface area contributed by atoms with Gasteiger partial charge in [-0.2, -0.15) is 0 Å². The summed E-state index contributed by atoms with van der Waals surface area (Å²) in [5.41, 5.74) is 0.832. The molecular weight excluding hydrogens is 444 g/mol. The van der Waals surface area contributed by atoms with Crippen molar-refractivity contribution < 1.29 is 58.5 Å². The second-order valence-corrected chi connectivity index (χ2v) is 7.92. The Hall–Kier alpha value is -2.35. The standard InChI is InChI=1S/C21H28O12/c1-29-19(28)12-9-31-20(33-21-18(27)17(26)16(25)13(7-23)32-21)15-10(4-5-11(12)15)8-30-14(24)3-2-6-22/h4,6,9,11,13,15-18,20-21,23,25-27H,2-3,5,7-8H2,1H3. The molecule has 1 fully saturated rings. The highest BCUT2D eigenvalue weighted by Crippen LogP contribution is 2.44. The van der Waals surface area contributed by atoms with Crippen molar-refractivity contribution in [2.75, 3.05) is 20.3 Å². The molecular formula is C21H28O12. The predicted octanol–water partition coefficient (Wildman–Crippen LogP) is -1.70. The molecule has 12 heteroatoms. The van der Waals surface area contributed by atoms with E-state index < -0.39 is 67.4 Å². The second-order valence-electron chi connectivity index (χ2n) is 7.92. The van der Waals surface area contributed by atoms with Crippen LogP contribution in [0.1, 0.15) is 19.3 Å². The van der Waals surface area contributed by atoms with E-state index in [9.17, 15) is 34.8 Å². The SMILES string of the molecule is COC(=O)C1=COC(OC2OC(CO)C(O)C(O)C2O)C2C(COC(=O)CCC=O)=CCC12. The van der Waals surface area contributed by atoms with Gasteiger partial charge in [-0.15, -0.1) is 0 Å². The van der Waals surface area contributed by atoms with E-state index in [-0.39, 0.29) is 25.0 Å². The number of allylic oxidation sites excluding steroid dienone is 1. The van der Waals surface area contributed by atoms with E-state index in [1.54, 1.807) is 6.08 Å². The number of aliphatic hydroxyl groups excluding tert-OH is 4. The Labute approximate surface area is 189 Å². The molecule has 2 heterocycles. The molecule has 12 nitrogen and oxygen atoms in total. The molecule has 1 aliphatic carbocycles. The third-order valence-corrected chi connectivity index (χ3v) is 5.92. The highest BCUT2D eigenvalue weighted by atomic mass is 16.8. The number of rotatable bonds is 9. The van der Waals surface area contributed by atoms with E-state index >= 15 is 0 Å². The number of ether oxygens (including phenoxy) is 5.